The maximum absolute atomic E-state index is 12.0. The number of hydrogen-bond acceptors (Lipinski definition) is 6. The van der Waals surface area contributed by atoms with Gasteiger partial charge in [0, 0.05) is 6.54 Å². The zero-order chi connectivity index (χ0) is 18.4. The summed E-state index contributed by atoms with van der Waals surface area (Å²) in [6.07, 6.45) is 3.83. The van der Waals surface area contributed by atoms with Gasteiger partial charge >= 0.3 is 6.01 Å². The van der Waals surface area contributed by atoms with Crippen molar-refractivity contribution in [2.45, 2.75) is 52.1 Å². The molecule has 2 aromatic rings. The first-order valence-corrected chi connectivity index (χ1v) is 9.14. The molecule has 1 aliphatic heterocycles. The van der Waals surface area contributed by atoms with E-state index in [9.17, 15) is 4.79 Å². The number of rotatable bonds is 6. The van der Waals surface area contributed by atoms with Crippen molar-refractivity contribution in [1.29, 1.82) is 0 Å². The molecule has 1 unspecified atom stereocenters. The van der Waals surface area contributed by atoms with Crippen LogP contribution in [0.15, 0.2) is 24.3 Å². The number of nitrogens with zero attached hydrogens (tertiary/aromatic N) is 3. The van der Waals surface area contributed by atoms with E-state index in [1.165, 1.54) is 0 Å². The fraction of sp³-hybridized carbons (Fsp3) is 0.474. The third-order valence-corrected chi connectivity index (χ3v) is 4.29. The summed E-state index contributed by atoms with van der Waals surface area (Å²) in [6, 6.07) is 7.33. The number of carbonyl (C=O) groups excluding carboxylic acids is 1. The predicted molar refractivity (Wildman–Crippen MR) is 96.4 cm³/mol. The van der Waals surface area contributed by atoms with Gasteiger partial charge in [0.2, 0.25) is 0 Å². The summed E-state index contributed by atoms with van der Waals surface area (Å²) in [4.78, 5) is 16.4. The van der Waals surface area contributed by atoms with Gasteiger partial charge in [0.15, 0.2) is 6.10 Å². The molecule has 2 heterocycles. The number of aryl methyl sites for hydroxylation is 2. The molecule has 0 spiro atoms. The highest BCUT2D eigenvalue weighted by Crippen LogP contribution is 2.23. The molecule has 0 saturated carbocycles. The van der Waals surface area contributed by atoms with Crippen LogP contribution in [0.4, 0.5) is 0 Å². The van der Waals surface area contributed by atoms with E-state index in [0.29, 0.717) is 11.5 Å². The van der Waals surface area contributed by atoms with Gasteiger partial charge in [-0.15, -0.1) is 5.10 Å². The molecule has 7 heteroatoms. The minimum Gasteiger partial charge on any atom is -0.481 e. The van der Waals surface area contributed by atoms with Crippen LogP contribution < -0.4 is 14.8 Å². The molecule has 138 valence electrons. The van der Waals surface area contributed by atoms with Crippen LogP contribution in [0.1, 0.15) is 44.5 Å². The van der Waals surface area contributed by atoms with Crippen LogP contribution in [0.25, 0.3) is 0 Å². The number of ether oxygens (including phenoxy) is 2. The summed E-state index contributed by atoms with van der Waals surface area (Å²) in [5.41, 5.74) is 1.79. The first-order valence-electron chi connectivity index (χ1n) is 9.14. The first kappa shape index (κ1) is 18.1. The van der Waals surface area contributed by atoms with Gasteiger partial charge in [-0.1, -0.05) is 18.9 Å². The molecule has 0 radical (unpaired) electrons. The van der Waals surface area contributed by atoms with Crippen molar-refractivity contribution >= 4 is 5.91 Å². The standard InChI is InChI=1S/C19H24N4O3/c1-3-15-16(4-2)22-23-19(21-15)26-14-10-8-13(9-11-14)25-17-7-5-6-12-20-18(17)24/h8-11,17H,3-7,12H2,1-2H3,(H,20,24). The van der Waals surface area contributed by atoms with Crippen LogP contribution >= 0.6 is 0 Å². The van der Waals surface area contributed by atoms with Crippen molar-refractivity contribution in [3.05, 3.63) is 35.7 Å². The largest absolute Gasteiger partial charge is 0.481 e. The molecule has 1 aromatic heterocycles. The van der Waals surface area contributed by atoms with Crippen LogP contribution in [-0.2, 0) is 17.6 Å². The lowest BCUT2D eigenvalue weighted by atomic mass is 10.2. The smallest absolute Gasteiger partial charge is 0.341 e. The van der Waals surface area contributed by atoms with E-state index >= 15 is 0 Å². The number of aromatic nitrogens is 3. The van der Waals surface area contributed by atoms with Gasteiger partial charge in [0.1, 0.15) is 11.5 Å². The molecule has 3 rings (SSSR count). The summed E-state index contributed by atoms with van der Waals surface area (Å²) in [6.45, 7) is 4.78. The van der Waals surface area contributed by atoms with Crippen LogP contribution in [0.3, 0.4) is 0 Å². The second-order valence-corrected chi connectivity index (χ2v) is 6.16. The molecule has 26 heavy (non-hydrogen) atoms. The molecular weight excluding hydrogens is 332 g/mol. The SMILES string of the molecule is CCc1nnc(Oc2ccc(OC3CCCCNC3=O)cc2)nc1CC. The molecule has 1 saturated heterocycles. The number of amides is 1. The molecule has 1 aromatic carbocycles. The maximum Gasteiger partial charge on any atom is 0.341 e. The minimum atomic E-state index is -0.439. The number of hydrogen-bond donors (Lipinski definition) is 1. The fourth-order valence-corrected chi connectivity index (χ4v) is 2.84. The lowest BCUT2D eigenvalue weighted by molar-refractivity contribution is -0.127. The Balaban J connectivity index is 1.65. The van der Waals surface area contributed by atoms with Gasteiger partial charge in [0.25, 0.3) is 5.91 Å². The van der Waals surface area contributed by atoms with Gasteiger partial charge < -0.3 is 14.8 Å². The molecule has 1 aliphatic rings. The predicted octanol–water partition coefficient (Wildman–Crippen LogP) is 2.84. The Morgan fingerprint density at radius 3 is 2.50 bits per heavy atom. The second-order valence-electron chi connectivity index (χ2n) is 6.16. The molecule has 0 aliphatic carbocycles. The van der Waals surface area contributed by atoms with Crippen molar-refractivity contribution in [2.24, 2.45) is 0 Å². The summed E-state index contributed by atoms with van der Waals surface area (Å²) in [5, 5.41) is 11.1. The Labute approximate surface area is 153 Å². The molecule has 0 bridgehead atoms. The van der Waals surface area contributed by atoms with Gasteiger partial charge in [-0.3, -0.25) is 4.79 Å². The van der Waals surface area contributed by atoms with Crippen LogP contribution in [0.5, 0.6) is 17.5 Å². The Hall–Kier alpha value is -2.70. The highest BCUT2D eigenvalue weighted by molar-refractivity contribution is 5.81. The van der Waals surface area contributed by atoms with Crippen LogP contribution in [0.2, 0.25) is 0 Å². The zero-order valence-corrected chi connectivity index (χ0v) is 15.2. The normalized spacial score (nSPS) is 17.3. The van der Waals surface area contributed by atoms with Crippen LogP contribution in [0, 0.1) is 0 Å². The van der Waals surface area contributed by atoms with Crippen molar-refractivity contribution in [1.82, 2.24) is 20.5 Å². The molecule has 1 atom stereocenters. The van der Waals surface area contributed by atoms with Crippen LogP contribution in [-0.4, -0.2) is 33.7 Å². The van der Waals surface area contributed by atoms with Gasteiger partial charge in [-0.25, -0.2) is 0 Å². The average molecular weight is 356 g/mol. The lowest BCUT2D eigenvalue weighted by Crippen LogP contribution is -2.36. The third-order valence-electron chi connectivity index (χ3n) is 4.29. The third kappa shape index (κ3) is 4.47. The summed E-state index contributed by atoms with van der Waals surface area (Å²) < 4.78 is 11.5. The summed E-state index contributed by atoms with van der Waals surface area (Å²) in [7, 11) is 0. The lowest BCUT2D eigenvalue weighted by Gasteiger charge is -2.16. The monoisotopic (exact) mass is 356 g/mol. The first-order chi connectivity index (χ1) is 12.7. The topological polar surface area (TPSA) is 86.2 Å². The fourth-order valence-electron chi connectivity index (χ4n) is 2.84. The highest BCUT2D eigenvalue weighted by atomic mass is 16.5. The number of benzene rings is 1. The van der Waals surface area contributed by atoms with Gasteiger partial charge in [-0.2, -0.15) is 4.98 Å². The van der Waals surface area contributed by atoms with Gasteiger partial charge in [-0.05, 0) is 56.4 Å². The second kappa shape index (κ2) is 8.60. The molecule has 1 N–H and O–H groups in total. The average Bonchev–Trinajstić information content (AvgIpc) is 2.87. The molecule has 7 nitrogen and oxygen atoms in total. The van der Waals surface area contributed by atoms with E-state index in [1.807, 2.05) is 13.8 Å². The Kier molecular flexibility index (Phi) is 5.99. The Morgan fingerprint density at radius 1 is 1.04 bits per heavy atom. The van der Waals surface area contributed by atoms with E-state index in [-0.39, 0.29) is 11.9 Å². The highest BCUT2D eigenvalue weighted by Gasteiger charge is 2.22. The van der Waals surface area contributed by atoms with Gasteiger partial charge in [0.05, 0.1) is 11.4 Å². The number of carbonyl (C=O) groups is 1. The minimum absolute atomic E-state index is 0.0505. The summed E-state index contributed by atoms with van der Waals surface area (Å²) >= 11 is 0. The number of nitrogens with one attached hydrogen (secondary N) is 1. The van der Waals surface area contributed by atoms with E-state index in [2.05, 4.69) is 20.5 Å². The van der Waals surface area contributed by atoms with Crippen molar-refractivity contribution in [3.8, 4) is 17.5 Å². The van der Waals surface area contributed by atoms with Crippen molar-refractivity contribution in [2.75, 3.05) is 6.54 Å². The molecular formula is C19H24N4O3. The van der Waals surface area contributed by atoms with E-state index < -0.39 is 6.10 Å². The van der Waals surface area contributed by atoms with E-state index in [0.717, 1.165) is 50.0 Å². The molecule has 1 amide bonds. The Morgan fingerprint density at radius 2 is 1.77 bits per heavy atom. The van der Waals surface area contributed by atoms with Crippen molar-refractivity contribution in [3.63, 3.8) is 0 Å². The Bertz CT molecular complexity index is 749. The summed E-state index contributed by atoms with van der Waals surface area (Å²) in [5.74, 6) is 1.18. The van der Waals surface area contributed by atoms with Crippen molar-refractivity contribution < 1.29 is 14.3 Å². The van der Waals surface area contributed by atoms with E-state index in [4.69, 9.17) is 9.47 Å². The molecule has 1 fully saturated rings. The van der Waals surface area contributed by atoms with E-state index in [1.54, 1.807) is 24.3 Å². The quantitative estimate of drug-likeness (QED) is 0.856. The maximum atomic E-state index is 12.0. The zero-order valence-electron chi connectivity index (χ0n) is 15.2.